The van der Waals surface area contributed by atoms with E-state index in [-0.39, 0.29) is 27.9 Å². The number of non-ortho nitro benzene ring substituents is 1. The Kier molecular flexibility index (Phi) is 6.22. The number of nitro benzene ring substituents is 1. The Hall–Kier alpha value is -3.47. The van der Waals surface area contributed by atoms with Gasteiger partial charge in [0.2, 0.25) is 0 Å². The van der Waals surface area contributed by atoms with Crippen LogP contribution in [0, 0.1) is 10.1 Å². The minimum atomic E-state index is -0.508. The van der Waals surface area contributed by atoms with Gasteiger partial charge in [-0.2, -0.15) is 0 Å². The molecule has 0 radical (unpaired) electrons. The van der Waals surface area contributed by atoms with Crippen LogP contribution >= 0.6 is 0 Å². The summed E-state index contributed by atoms with van der Waals surface area (Å²) in [4.78, 5) is 24.1. The van der Waals surface area contributed by atoms with Crippen molar-refractivity contribution in [1.82, 2.24) is 0 Å². The molecule has 0 atom stereocenters. The van der Waals surface area contributed by atoms with E-state index < -0.39 is 4.92 Å². The molecular formula is C27H29NO4. The molecule has 3 rings (SSSR count). The second-order valence-corrected chi connectivity index (χ2v) is 9.95. The third kappa shape index (κ3) is 5.05. The molecule has 0 fully saturated rings. The Balaban J connectivity index is 2.17. The average molecular weight is 432 g/mol. The van der Waals surface area contributed by atoms with Gasteiger partial charge in [-0.05, 0) is 28.5 Å². The number of nitro groups is 1. The lowest BCUT2D eigenvalue weighted by molar-refractivity contribution is -0.384. The fourth-order valence-electron chi connectivity index (χ4n) is 3.45. The van der Waals surface area contributed by atoms with Crippen LogP contribution in [0.5, 0.6) is 11.5 Å². The van der Waals surface area contributed by atoms with Crippen molar-refractivity contribution in [3.8, 4) is 11.5 Å². The van der Waals surface area contributed by atoms with Crippen LogP contribution in [0.15, 0.2) is 66.7 Å². The fraction of sp³-hybridized carbons (Fsp3) is 0.296. The minimum Gasteiger partial charge on any atom is -0.456 e. The molecular weight excluding hydrogens is 402 g/mol. The Bertz CT molecular complexity index is 1150. The van der Waals surface area contributed by atoms with E-state index in [1.807, 2.05) is 12.1 Å². The number of hydrogen-bond acceptors (Lipinski definition) is 4. The summed E-state index contributed by atoms with van der Waals surface area (Å²) in [7, 11) is 0. The van der Waals surface area contributed by atoms with E-state index in [9.17, 15) is 14.9 Å². The summed E-state index contributed by atoms with van der Waals surface area (Å²) in [5.74, 6) is 0.607. The maximum atomic E-state index is 13.2. The Morgan fingerprint density at radius 2 is 1.47 bits per heavy atom. The summed E-state index contributed by atoms with van der Waals surface area (Å²) in [5.41, 5.74) is 2.24. The number of ketones is 1. The second-order valence-electron chi connectivity index (χ2n) is 9.95. The number of nitrogens with zero attached hydrogens (tertiary/aromatic N) is 1. The second kappa shape index (κ2) is 8.58. The van der Waals surface area contributed by atoms with Gasteiger partial charge in [-0.3, -0.25) is 14.9 Å². The summed E-state index contributed by atoms with van der Waals surface area (Å²) in [6.45, 7) is 12.7. The van der Waals surface area contributed by atoms with Gasteiger partial charge in [-0.15, -0.1) is 0 Å². The number of benzene rings is 3. The van der Waals surface area contributed by atoms with Crippen LogP contribution in [0.2, 0.25) is 0 Å². The van der Waals surface area contributed by atoms with E-state index in [0.717, 1.165) is 11.1 Å². The first-order chi connectivity index (χ1) is 14.9. The molecule has 0 aliphatic heterocycles. The molecule has 0 aromatic heterocycles. The van der Waals surface area contributed by atoms with Crippen molar-refractivity contribution < 1.29 is 14.5 Å². The molecule has 0 unspecified atom stereocenters. The van der Waals surface area contributed by atoms with Gasteiger partial charge < -0.3 is 4.74 Å². The van der Waals surface area contributed by atoms with Crippen LogP contribution in [0.3, 0.4) is 0 Å². The number of ether oxygens (including phenoxy) is 1. The molecule has 0 bridgehead atoms. The molecule has 0 amide bonds. The predicted octanol–water partition coefficient (Wildman–Crippen LogP) is 7.21. The van der Waals surface area contributed by atoms with E-state index in [4.69, 9.17) is 4.74 Å². The summed E-state index contributed by atoms with van der Waals surface area (Å²) >= 11 is 0. The van der Waals surface area contributed by atoms with Crippen LogP contribution in [-0.2, 0) is 10.8 Å². The Labute approximate surface area is 189 Å². The largest absolute Gasteiger partial charge is 0.456 e. The van der Waals surface area contributed by atoms with Gasteiger partial charge in [0, 0.05) is 23.3 Å². The van der Waals surface area contributed by atoms with Gasteiger partial charge in [0.1, 0.15) is 11.5 Å². The van der Waals surface area contributed by atoms with Crippen LogP contribution in [0.4, 0.5) is 5.69 Å². The molecule has 3 aromatic carbocycles. The average Bonchev–Trinajstić information content (AvgIpc) is 2.72. The number of carbonyl (C=O) groups is 1. The molecule has 0 heterocycles. The Morgan fingerprint density at radius 3 is 2.03 bits per heavy atom. The molecule has 0 aliphatic carbocycles. The zero-order valence-corrected chi connectivity index (χ0v) is 19.4. The monoisotopic (exact) mass is 431 g/mol. The standard InChI is InChI=1S/C27H29NO4/c1-26(2,3)19-12-14-22(27(4,5)6)24(16-19)32-23-15-13-20(28(30)31)17-21(23)25(29)18-10-8-7-9-11-18/h7-17H,1-6H3. The van der Waals surface area contributed by atoms with E-state index >= 15 is 0 Å². The van der Waals surface area contributed by atoms with Gasteiger partial charge in [0.15, 0.2) is 5.78 Å². The zero-order chi connectivity index (χ0) is 23.7. The lowest BCUT2D eigenvalue weighted by atomic mass is 9.81. The summed E-state index contributed by atoms with van der Waals surface area (Å²) in [6.07, 6.45) is 0. The number of rotatable bonds is 5. The lowest BCUT2D eigenvalue weighted by Crippen LogP contribution is -2.16. The van der Waals surface area contributed by atoms with Gasteiger partial charge >= 0.3 is 0 Å². The highest BCUT2D eigenvalue weighted by molar-refractivity contribution is 6.11. The molecule has 0 N–H and O–H groups in total. The summed E-state index contributed by atoms with van der Waals surface area (Å²) in [6, 6.07) is 19.0. The number of carbonyl (C=O) groups excluding carboxylic acids is 1. The van der Waals surface area contributed by atoms with Crippen LogP contribution in [0.1, 0.15) is 68.6 Å². The SMILES string of the molecule is CC(C)(C)c1ccc(C(C)(C)C)c(Oc2ccc([N+](=O)[O-])cc2C(=O)c2ccccc2)c1. The highest BCUT2D eigenvalue weighted by Gasteiger charge is 2.25. The smallest absolute Gasteiger partial charge is 0.270 e. The third-order valence-electron chi connectivity index (χ3n) is 5.33. The van der Waals surface area contributed by atoms with Crippen molar-refractivity contribution in [2.24, 2.45) is 0 Å². The lowest BCUT2D eigenvalue weighted by Gasteiger charge is -2.27. The van der Waals surface area contributed by atoms with Crippen molar-refractivity contribution in [3.05, 3.63) is 99.1 Å². The van der Waals surface area contributed by atoms with E-state index in [0.29, 0.717) is 17.1 Å². The molecule has 166 valence electrons. The van der Waals surface area contributed by atoms with Crippen molar-refractivity contribution in [2.45, 2.75) is 52.4 Å². The number of hydrogen-bond donors (Lipinski definition) is 0. The maximum Gasteiger partial charge on any atom is 0.270 e. The van der Waals surface area contributed by atoms with Gasteiger partial charge in [-0.25, -0.2) is 0 Å². The van der Waals surface area contributed by atoms with Crippen molar-refractivity contribution in [1.29, 1.82) is 0 Å². The van der Waals surface area contributed by atoms with E-state index in [1.54, 1.807) is 24.3 Å². The molecule has 32 heavy (non-hydrogen) atoms. The third-order valence-corrected chi connectivity index (χ3v) is 5.33. The molecule has 5 nitrogen and oxygen atoms in total. The van der Waals surface area contributed by atoms with Gasteiger partial charge in [0.05, 0.1) is 10.5 Å². The molecule has 0 saturated carbocycles. The van der Waals surface area contributed by atoms with Gasteiger partial charge in [0.25, 0.3) is 5.69 Å². The molecule has 0 saturated heterocycles. The highest BCUT2D eigenvalue weighted by Crippen LogP contribution is 2.39. The molecule has 0 aliphatic rings. The molecule has 0 spiro atoms. The Morgan fingerprint density at radius 1 is 0.812 bits per heavy atom. The first-order valence-electron chi connectivity index (χ1n) is 10.6. The molecule has 5 heteroatoms. The van der Waals surface area contributed by atoms with Crippen molar-refractivity contribution in [3.63, 3.8) is 0 Å². The van der Waals surface area contributed by atoms with Crippen molar-refractivity contribution >= 4 is 11.5 Å². The van der Waals surface area contributed by atoms with Crippen molar-refractivity contribution in [2.75, 3.05) is 0 Å². The van der Waals surface area contributed by atoms with Crippen LogP contribution in [-0.4, -0.2) is 10.7 Å². The summed E-state index contributed by atoms with van der Waals surface area (Å²) < 4.78 is 6.34. The quantitative estimate of drug-likeness (QED) is 0.243. The van der Waals surface area contributed by atoms with E-state index in [1.165, 1.54) is 18.2 Å². The molecule has 3 aromatic rings. The highest BCUT2D eigenvalue weighted by atomic mass is 16.6. The van der Waals surface area contributed by atoms with Crippen LogP contribution in [0.25, 0.3) is 0 Å². The zero-order valence-electron chi connectivity index (χ0n) is 19.4. The summed E-state index contributed by atoms with van der Waals surface area (Å²) in [5, 5.41) is 11.4. The normalized spacial score (nSPS) is 11.8. The van der Waals surface area contributed by atoms with E-state index in [2.05, 4.69) is 53.7 Å². The fourth-order valence-corrected chi connectivity index (χ4v) is 3.45. The first-order valence-corrected chi connectivity index (χ1v) is 10.6. The van der Waals surface area contributed by atoms with Crippen LogP contribution < -0.4 is 4.74 Å². The van der Waals surface area contributed by atoms with Gasteiger partial charge in [-0.1, -0.05) is 84.0 Å². The predicted molar refractivity (Wildman–Crippen MR) is 127 cm³/mol. The topological polar surface area (TPSA) is 69.4 Å². The minimum absolute atomic E-state index is 0.0906. The first kappa shape index (κ1) is 23.2. The maximum absolute atomic E-state index is 13.2.